The van der Waals surface area contributed by atoms with Crippen LogP contribution in [-0.2, 0) is 17.4 Å². The molecule has 8 nitrogen and oxygen atoms in total. The Balaban J connectivity index is 1.27. The van der Waals surface area contributed by atoms with E-state index in [1.54, 1.807) is 24.3 Å². The van der Waals surface area contributed by atoms with Crippen LogP contribution in [0.1, 0.15) is 52.5 Å². The van der Waals surface area contributed by atoms with Gasteiger partial charge in [-0.05, 0) is 60.6 Å². The fourth-order valence-electron chi connectivity index (χ4n) is 4.44. The number of hydrogen-bond donors (Lipinski definition) is 1. The first-order chi connectivity index (χ1) is 18.1. The first kappa shape index (κ1) is 26.8. The summed E-state index contributed by atoms with van der Waals surface area (Å²) in [5.74, 6) is -0.552. The minimum absolute atomic E-state index is 0.0129. The van der Waals surface area contributed by atoms with E-state index in [0.717, 1.165) is 11.6 Å². The van der Waals surface area contributed by atoms with Crippen molar-refractivity contribution in [2.75, 3.05) is 18.4 Å². The van der Waals surface area contributed by atoms with Gasteiger partial charge in [-0.3, -0.25) is 19.7 Å². The number of nitro benzene ring substituents is 1. The van der Waals surface area contributed by atoms with Gasteiger partial charge >= 0.3 is 6.18 Å². The highest BCUT2D eigenvalue weighted by Crippen LogP contribution is 2.30. The maximum atomic E-state index is 12.9. The highest BCUT2D eigenvalue weighted by Gasteiger charge is 2.33. The van der Waals surface area contributed by atoms with Crippen molar-refractivity contribution in [3.8, 4) is 0 Å². The molecule has 0 bridgehead atoms. The molecule has 11 heteroatoms. The SMILES string of the molecule is O=C(CCc1cccc([N+](=O)[O-])c1)Nc1ccc(C2CCN(C(=O)c3cccc(C(F)(F)F)n3)CC2)cc1. The summed E-state index contributed by atoms with van der Waals surface area (Å²) in [4.78, 5) is 40.5. The number of nitrogens with zero attached hydrogens (tertiary/aromatic N) is 3. The van der Waals surface area contributed by atoms with Crippen LogP contribution in [0.2, 0.25) is 0 Å². The molecule has 2 amide bonds. The lowest BCUT2D eigenvalue weighted by molar-refractivity contribution is -0.384. The second-order valence-corrected chi connectivity index (χ2v) is 9.07. The Hall–Kier alpha value is -4.28. The van der Waals surface area contributed by atoms with Gasteiger partial charge < -0.3 is 10.2 Å². The van der Waals surface area contributed by atoms with Crippen LogP contribution >= 0.6 is 0 Å². The molecule has 0 saturated carbocycles. The summed E-state index contributed by atoms with van der Waals surface area (Å²) < 4.78 is 38.8. The maximum absolute atomic E-state index is 12.9. The van der Waals surface area contributed by atoms with Gasteiger partial charge in [-0.2, -0.15) is 13.2 Å². The summed E-state index contributed by atoms with van der Waals surface area (Å²) in [6.07, 6.45) is -2.76. The van der Waals surface area contributed by atoms with Gasteiger partial charge in [0.15, 0.2) is 0 Å². The number of anilines is 1. The van der Waals surface area contributed by atoms with E-state index in [-0.39, 0.29) is 29.6 Å². The number of alkyl halides is 3. The number of carbonyl (C=O) groups excluding carboxylic acids is 2. The zero-order chi connectivity index (χ0) is 27.3. The number of amides is 2. The Morgan fingerprint density at radius 3 is 2.37 bits per heavy atom. The summed E-state index contributed by atoms with van der Waals surface area (Å²) in [5.41, 5.74) is 1.06. The number of aromatic nitrogens is 1. The Kier molecular flexibility index (Phi) is 8.04. The number of benzene rings is 2. The highest BCUT2D eigenvalue weighted by atomic mass is 19.4. The number of carbonyl (C=O) groups is 2. The Morgan fingerprint density at radius 1 is 1.03 bits per heavy atom. The van der Waals surface area contributed by atoms with Crippen LogP contribution < -0.4 is 5.32 Å². The molecule has 2 heterocycles. The number of halogens is 3. The third-order valence-corrected chi connectivity index (χ3v) is 6.47. The molecule has 0 atom stereocenters. The lowest BCUT2D eigenvalue weighted by atomic mass is 9.89. The fourth-order valence-corrected chi connectivity index (χ4v) is 4.44. The fraction of sp³-hybridized carbons (Fsp3) is 0.296. The van der Waals surface area contributed by atoms with E-state index in [2.05, 4.69) is 10.3 Å². The van der Waals surface area contributed by atoms with E-state index in [4.69, 9.17) is 0 Å². The summed E-state index contributed by atoms with van der Waals surface area (Å²) >= 11 is 0. The van der Waals surface area contributed by atoms with Gasteiger partial charge in [0.25, 0.3) is 11.6 Å². The summed E-state index contributed by atoms with van der Waals surface area (Å²) in [5, 5.41) is 13.7. The van der Waals surface area contributed by atoms with Crippen molar-refractivity contribution in [1.82, 2.24) is 9.88 Å². The lowest BCUT2D eigenvalue weighted by Gasteiger charge is -2.32. The van der Waals surface area contributed by atoms with Crippen LogP contribution in [0.4, 0.5) is 24.5 Å². The second kappa shape index (κ2) is 11.4. The average molecular weight is 527 g/mol. The Bertz CT molecular complexity index is 1320. The van der Waals surface area contributed by atoms with Crippen molar-refractivity contribution < 1.29 is 27.7 Å². The molecule has 0 aliphatic carbocycles. The van der Waals surface area contributed by atoms with E-state index in [9.17, 15) is 32.9 Å². The topological polar surface area (TPSA) is 105 Å². The molecule has 198 valence electrons. The maximum Gasteiger partial charge on any atom is 0.433 e. The van der Waals surface area contributed by atoms with Gasteiger partial charge in [0, 0.05) is 37.3 Å². The normalized spacial score (nSPS) is 14.2. The zero-order valence-corrected chi connectivity index (χ0v) is 20.3. The van der Waals surface area contributed by atoms with E-state index in [1.165, 1.54) is 29.2 Å². The number of nitrogens with one attached hydrogen (secondary N) is 1. The molecule has 1 N–H and O–H groups in total. The van der Waals surface area contributed by atoms with E-state index < -0.39 is 22.7 Å². The van der Waals surface area contributed by atoms with Gasteiger partial charge in [-0.1, -0.05) is 30.3 Å². The van der Waals surface area contributed by atoms with Crippen molar-refractivity contribution in [2.45, 2.75) is 37.8 Å². The first-order valence-electron chi connectivity index (χ1n) is 12.1. The van der Waals surface area contributed by atoms with Crippen LogP contribution in [0.5, 0.6) is 0 Å². The lowest BCUT2D eigenvalue weighted by Crippen LogP contribution is -2.38. The van der Waals surface area contributed by atoms with Crippen molar-refractivity contribution in [1.29, 1.82) is 0 Å². The second-order valence-electron chi connectivity index (χ2n) is 9.07. The van der Waals surface area contributed by atoms with E-state index in [0.29, 0.717) is 43.6 Å². The minimum Gasteiger partial charge on any atom is -0.337 e. The number of piperidine rings is 1. The summed E-state index contributed by atoms with van der Waals surface area (Å²) in [6, 6.07) is 16.9. The molecular formula is C27H25F3N4O4. The average Bonchev–Trinajstić information content (AvgIpc) is 2.92. The molecule has 0 radical (unpaired) electrons. The molecule has 1 aliphatic heterocycles. The smallest absolute Gasteiger partial charge is 0.337 e. The standard InChI is InChI=1S/C27H25F3N4O4/c28-27(29,30)24-6-2-5-23(32-24)26(36)33-15-13-20(14-16-33)19-8-10-21(11-9-19)31-25(35)12-7-18-3-1-4-22(17-18)34(37)38/h1-6,8-11,17,20H,7,12-16H2,(H,31,35). The largest absolute Gasteiger partial charge is 0.433 e. The number of hydrogen-bond acceptors (Lipinski definition) is 5. The molecule has 0 unspecified atom stereocenters. The van der Waals surface area contributed by atoms with Crippen molar-refractivity contribution in [2.24, 2.45) is 0 Å². The van der Waals surface area contributed by atoms with Gasteiger partial charge in [0.2, 0.25) is 5.91 Å². The van der Waals surface area contributed by atoms with Crippen molar-refractivity contribution in [3.63, 3.8) is 0 Å². The number of aryl methyl sites for hydroxylation is 1. The molecule has 1 aromatic heterocycles. The van der Waals surface area contributed by atoms with E-state index >= 15 is 0 Å². The number of likely N-dealkylation sites (tertiary alicyclic amines) is 1. The quantitative estimate of drug-likeness (QED) is 0.319. The minimum atomic E-state index is -4.61. The molecule has 1 fully saturated rings. The van der Waals surface area contributed by atoms with Crippen LogP contribution in [-0.4, -0.2) is 39.7 Å². The zero-order valence-electron chi connectivity index (χ0n) is 20.3. The van der Waals surface area contributed by atoms with Crippen molar-refractivity contribution >= 4 is 23.2 Å². The van der Waals surface area contributed by atoms with Crippen LogP contribution in [0, 0.1) is 10.1 Å². The molecule has 2 aromatic carbocycles. The molecule has 38 heavy (non-hydrogen) atoms. The third-order valence-electron chi connectivity index (χ3n) is 6.47. The van der Waals surface area contributed by atoms with Gasteiger partial charge in [-0.15, -0.1) is 0 Å². The number of rotatable bonds is 7. The van der Waals surface area contributed by atoms with Gasteiger partial charge in [-0.25, -0.2) is 4.98 Å². The summed E-state index contributed by atoms with van der Waals surface area (Å²) in [6.45, 7) is 0.801. The monoisotopic (exact) mass is 526 g/mol. The highest BCUT2D eigenvalue weighted by molar-refractivity contribution is 5.92. The molecule has 4 rings (SSSR count). The third kappa shape index (κ3) is 6.72. The molecule has 1 aliphatic rings. The molecule has 1 saturated heterocycles. The van der Waals surface area contributed by atoms with Gasteiger partial charge in [0.1, 0.15) is 11.4 Å². The van der Waals surface area contributed by atoms with Crippen LogP contribution in [0.25, 0.3) is 0 Å². The predicted octanol–water partition coefficient (Wildman–Crippen LogP) is 5.60. The summed E-state index contributed by atoms with van der Waals surface area (Å²) in [7, 11) is 0. The van der Waals surface area contributed by atoms with E-state index in [1.807, 2.05) is 12.1 Å². The van der Waals surface area contributed by atoms with Crippen molar-refractivity contribution in [3.05, 3.63) is 99.4 Å². The Labute approximate surface area is 216 Å². The van der Waals surface area contributed by atoms with Crippen LogP contribution in [0.15, 0.2) is 66.7 Å². The van der Waals surface area contributed by atoms with Crippen LogP contribution in [0.3, 0.4) is 0 Å². The number of non-ortho nitro benzene ring substituents is 1. The number of nitro groups is 1. The number of pyridine rings is 1. The molecular weight excluding hydrogens is 501 g/mol. The first-order valence-corrected chi connectivity index (χ1v) is 12.1. The predicted molar refractivity (Wildman–Crippen MR) is 134 cm³/mol. The molecule has 0 spiro atoms. The molecule has 3 aromatic rings. The van der Waals surface area contributed by atoms with Gasteiger partial charge in [0.05, 0.1) is 4.92 Å². The Morgan fingerprint density at radius 2 is 1.71 bits per heavy atom.